The molecule has 1 saturated carbocycles. The van der Waals surface area contributed by atoms with Gasteiger partial charge >= 0.3 is 0 Å². The molecule has 4 aliphatic heterocycles. The van der Waals surface area contributed by atoms with Crippen molar-refractivity contribution in [3.8, 4) is 11.8 Å². The van der Waals surface area contributed by atoms with Gasteiger partial charge in [-0.2, -0.15) is 5.26 Å². The van der Waals surface area contributed by atoms with Crippen molar-refractivity contribution in [3.05, 3.63) is 88.4 Å². The van der Waals surface area contributed by atoms with Crippen molar-refractivity contribution in [1.82, 2.24) is 30.6 Å². The molecule has 16 heteroatoms. The second-order valence-electron chi connectivity index (χ2n) is 18.8. The SMILES string of the molecule is CC1(Cc2cc(O[C@H]3C=C[C@H](NC(=O)c4ccc(N5CCC(CN6CCN(c7cc8c(cc7F)C(O)N(C7CCC(=O)NC7=O)C8=O)CC6)CC5)nn4)CC3)ccc2C#N)CCCC1. The number of aliphatic hydroxyl groups is 1. The molecule has 4 fully saturated rings. The first kappa shape index (κ1) is 43.3. The topological polar surface area (TPSA) is 184 Å². The Hall–Kier alpha value is -5.92. The predicted octanol–water partition coefficient (Wildman–Crippen LogP) is 4.80. The van der Waals surface area contributed by atoms with Crippen molar-refractivity contribution in [1.29, 1.82) is 5.26 Å². The normalized spacial score (nSPS) is 25.0. The summed E-state index contributed by atoms with van der Waals surface area (Å²) in [4.78, 5) is 58.2. The lowest BCUT2D eigenvalue weighted by Gasteiger charge is -2.40. The van der Waals surface area contributed by atoms with E-state index >= 15 is 4.39 Å². The molecule has 2 aliphatic carbocycles. The number of rotatable bonds is 11. The minimum atomic E-state index is -1.47. The molecule has 3 aromatic rings. The number of piperazine rings is 1. The zero-order valence-electron chi connectivity index (χ0n) is 36.3. The zero-order chi connectivity index (χ0) is 44.5. The molecule has 5 heterocycles. The predicted molar refractivity (Wildman–Crippen MR) is 235 cm³/mol. The number of carbonyl (C=O) groups is 4. The van der Waals surface area contributed by atoms with E-state index in [2.05, 4.69) is 43.6 Å². The number of ether oxygens (including phenoxy) is 1. The molecule has 4 amide bonds. The third-order valence-corrected chi connectivity index (χ3v) is 14.3. The van der Waals surface area contributed by atoms with Gasteiger partial charge < -0.3 is 25.0 Å². The summed E-state index contributed by atoms with van der Waals surface area (Å²) in [7, 11) is 0. The summed E-state index contributed by atoms with van der Waals surface area (Å²) in [5, 5.41) is 34.6. The number of hydrogen-bond acceptors (Lipinski definition) is 12. The number of nitrogens with one attached hydrogen (secondary N) is 2. The minimum Gasteiger partial charge on any atom is -0.486 e. The van der Waals surface area contributed by atoms with Gasteiger partial charge in [0, 0.05) is 69.4 Å². The smallest absolute Gasteiger partial charge is 0.272 e. The largest absolute Gasteiger partial charge is 0.486 e. The average Bonchev–Trinajstić information content (AvgIpc) is 3.83. The zero-order valence-corrected chi connectivity index (χ0v) is 36.3. The number of nitriles is 1. The fourth-order valence-corrected chi connectivity index (χ4v) is 10.6. The minimum absolute atomic E-state index is 0.0547. The van der Waals surface area contributed by atoms with Gasteiger partial charge in [-0.05, 0) is 117 Å². The second kappa shape index (κ2) is 18.3. The lowest BCUT2D eigenvalue weighted by atomic mass is 9.81. The first-order valence-corrected chi connectivity index (χ1v) is 22.9. The molecule has 2 unspecified atom stereocenters. The maximum Gasteiger partial charge on any atom is 0.272 e. The van der Waals surface area contributed by atoms with E-state index in [0.29, 0.717) is 30.3 Å². The molecule has 3 saturated heterocycles. The summed E-state index contributed by atoms with van der Waals surface area (Å²) in [6.07, 6.45) is 11.7. The Bertz CT molecular complexity index is 2350. The standard InChI is InChI=1S/C48H56FN9O6/c1-48(16-2-3-17-48)27-32-24-35(7-4-31(32)28-50)64-34-8-5-33(6-9-34)51-44(60)39-10-12-42(54-53-39)57-18-14-30(15-19-57)29-55-20-22-56(23-21-55)41-26-37-36(25-38(41)49)46(62)58(47(37)63)40-11-13-43(59)52-45(40)61/h4-5,7-8,10,12,24-26,30,33-34,40,46,62H,2-3,6,9,11,13-23,27,29H2,1H3,(H,51,60)(H,52,59,61)/t33-,34-,40?,46?/m0/s1. The summed E-state index contributed by atoms with van der Waals surface area (Å²) in [5.74, 6) is -0.433. The van der Waals surface area contributed by atoms with Crippen molar-refractivity contribution in [3.63, 3.8) is 0 Å². The average molecular weight is 874 g/mol. The molecule has 1 aromatic heterocycles. The van der Waals surface area contributed by atoms with Crippen LogP contribution in [0.2, 0.25) is 0 Å². The van der Waals surface area contributed by atoms with E-state index in [1.54, 1.807) is 6.07 Å². The van der Waals surface area contributed by atoms with Gasteiger partial charge in [0.2, 0.25) is 11.8 Å². The molecule has 64 heavy (non-hydrogen) atoms. The van der Waals surface area contributed by atoms with Crippen LogP contribution in [0.1, 0.15) is 115 Å². The number of aromatic nitrogens is 2. The Morgan fingerprint density at radius 3 is 2.42 bits per heavy atom. The number of halogens is 1. The fourth-order valence-electron chi connectivity index (χ4n) is 10.6. The Morgan fingerprint density at radius 1 is 0.953 bits per heavy atom. The van der Waals surface area contributed by atoms with Crippen LogP contribution in [-0.2, 0) is 16.0 Å². The van der Waals surface area contributed by atoms with Crippen LogP contribution in [-0.4, -0.2) is 113 Å². The third kappa shape index (κ3) is 9.19. The van der Waals surface area contributed by atoms with Crippen LogP contribution in [0.15, 0.2) is 54.6 Å². The van der Waals surface area contributed by atoms with Crippen molar-refractivity contribution >= 4 is 35.1 Å². The van der Waals surface area contributed by atoms with Gasteiger partial charge in [0.15, 0.2) is 17.7 Å². The van der Waals surface area contributed by atoms with Gasteiger partial charge in [0.05, 0.1) is 17.3 Å². The second-order valence-corrected chi connectivity index (χ2v) is 18.8. The Kier molecular flexibility index (Phi) is 12.4. The highest BCUT2D eigenvalue weighted by atomic mass is 19.1. The molecule has 336 valence electrons. The molecule has 6 aliphatic rings. The van der Waals surface area contributed by atoms with E-state index in [9.17, 15) is 29.5 Å². The van der Waals surface area contributed by atoms with Crippen molar-refractivity contribution < 1.29 is 33.4 Å². The first-order valence-electron chi connectivity index (χ1n) is 22.9. The van der Waals surface area contributed by atoms with Gasteiger partial charge in [0.1, 0.15) is 23.7 Å². The first-order chi connectivity index (χ1) is 30.9. The summed E-state index contributed by atoms with van der Waals surface area (Å²) in [6.45, 7) is 7.49. The number of piperidine rings is 2. The van der Waals surface area contributed by atoms with E-state index in [1.807, 2.05) is 41.3 Å². The van der Waals surface area contributed by atoms with Crippen LogP contribution in [0.4, 0.5) is 15.9 Å². The lowest BCUT2D eigenvalue weighted by molar-refractivity contribution is -0.139. The van der Waals surface area contributed by atoms with Crippen LogP contribution in [0.25, 0.3) is 0 Å². The number of fused-ring (bicyclic) bond motifs is 1. The highest BCUT2D eigenvalue weighted by Crippen LogP contribution is 2.42. The summed E-state index contributed by atoms with van der Waals surface area (Å²) in [5.41, 5.74) is 2.86. The maximum absolute atomic E-state index is 15.5. The number of amides is 4. The molecule has 0 spiro atoms. The lowest BCUT2D eigenvalue weighted by Crippen LogP contribution is -2.53. The van der Waals surface area contributed by atoms with E-state index in [4.69, 9.17) is 4.74 Å². The number of nitrogens with zero attached hydrogens (tertiary/aromatic N) is 7. The molecule has 2 aromatic carbocycles. The molecular formula is C48H56FN9O6. The summed E-state index contributed by atoms with van der Waals surface area (Å²) in [6, 6.07) is 13.3. The van der Waals surface area contributed by atoms with Gasteiger partial charge in [-0.1, -0.05) is 25.8 Å². The van der Waals surface area contributed by atoms with E-state index in [1.165, 1.54) is 37.8 Å². The summed E-state index contributed by atoms with van der Waals surface area (Å²) < 4.78 is 21.8. The number of carbonyl (C=O) groups excluding carboxylic acids is 4. The highest BCUT2D eigenvalue weighted by Gasteiger charge is 2.45. The van der Waals surface area contributed by atoms with Gasteiger partial charge in [-0.25, -0.2) is 4.39 Å². The van der Waals surface area contributed by atoms with Crippen LogP contribution in [0.3, 0.4) is 0 Å². The van der Waals surface area contributed by atoms with Gasteiger partial charge in [0.25, 0.3) is 11.8 Å². The van der Waals surface area contributed by atoms with Crippen LogP contribution >= 0.6 is 0 Å². The van der Waals surface area contributed by atoms with Gasteiger partial charge in [-0.15, -0.1) is 10.2 Å². The van der Waals surface area contributed by atoms with Crippen molar-refractivity contribution in [2.45, 2.75) is 102 Å². The molecule has 3 N–H and O–H groups in total. The van der Waals surface area contributed by atoms with Crippen LogP contribution in [0, 0.1) is 28.5 Å². The van der Waals surface area contributed by atoms with Gasteiger partial charge in [-0.3, -0.25) is 34.3 Å². The molecule has 9 rings (SSSR count). The van der Waals surface area contributed by atoms with Crippen molar-refractivity contribution in [2.24, 2.45) is 11.3 Å². The number of benzene rings is 2. The molecular weight excluding hydrogens is 818 g/mol. The number of imide groups is 1. The fraction of sp³-hybridized carbons (Fsp3) is 0.521. The number of hydrogen-bond donors (Lipinski definition) is 3. The van der Waals surface area contributed by atoms with Crippen LogP contribution < -0.4 is 25.2 Å². The highest BCUT2D eigenvalue weighted by molar-refractivity contribution is 6.06. The monoisotopic (exact) mass is 873 g/mol. The molecule has 4 atom stereocenters. The van der Waals surface area contributed by atoms with Crippen molar-refractivity contribution in [2.75, 3.05) is 55.6 Å². The van der Waals surface area contributed by atoms with E-state index in [0.717, 1.165) is 86.9 Å². The number of anilines is 2. The third-order valence-electron chi connectivity index (χ3n) is 14.3. The quantitative estimate of drug-likeness (QED) is 0.177. The Morgan fingerprint density at radius 2 is 1.73 bits per heavy atom. The number of aliphatic hydroxyl groups excluding tert-OH is 1. The Labute approximate surface area is 372 Å². The maximum atomic E-state index is 15.5. The molecule has 0 bridgehead atoms. The Balaban J connectivity index is 0.708. The van der Waals surface area contributed by atoms with E-state index < -0.39 is 35.8 Å². The molecule has 15 nitrogen and oxygen atoms in total. The molecule has 0 radical (unpaired) electrons. The van der Waals surface area contributed by atoms with Crippen LogP contribution in [0.5, 0.6) is 5.75 Å². The summed E-state index contributed by atoms with van der Waals surface area (Å²) >= 11 is 0. The van der Waals surface area contributed by atoms with E-state index in [-0.39, 0.29) is 53.1 Å².